The second-order valence-corrected chi connectivity index (χ2v) is 4.49. The van der Waals surface area contributed by atoms with Gasteiger partial charge in [-0.1, -0.05) is 25.2 Å². The van der Waals surface area contributed by atoms with Crippen LogP contribution in [0.2, 0.25) is 0 Å². The Bertz CT molecular complexity index is 343. The second-order valence-electron chi connectivity index (χ2n) is 3.47. The summed E-state index contributed by atoms with van der Waals surface area (Å²) in [5, 5.41) is 9.44. The Labute approximate surface area is 92.4 Å². The maximum atomic E-state index is 10.8. The summed E-state index contributed by atoms with van der Waals surface area (Å²) in [4.78, 5) is 11.0. The van der Waals surface area contributed by atoms with Crippen LogP contribution in [0.3, 0.4) is 0 Å². The van der Waals surface area contributed by atoms with E-state index < -0.39 is 5.97 Å². The van der Waals surface area contributed by atoms with Crippen molar-refractivity contribution in [2.45, 2.75) is 13.8 Å². The van der Waals surface area contributed by atoms with Crippen LogP contribution < -0.4 is 9.47 Å². The van der Waals surface area contributed by atoms with E-state index >= 15 is 0 Å². The predicted octanol–water partition coefficient (Wildman–Crippen LogP) is 2.49. The lowest BCUT2D eigenvalue weighted by molar-refractivity contribution is 0.0699. The molecule has 0 aliphatic heterocycles. The molecule has 1 rings (SSSR count). The summed E-state index contributed by atoms with van der Waals surface area (Å²) < 4.78 is 10.4. The van der Waals surface area contributed by atoms with Crippen molar-refractivity contribution in [3.63, 3.8) is 0 Å². The summed E-state index contributed by atoms with van der Waals surface area (Å²) in [6.45, 7) is 4.63. The molecule has 0 aliphatic carbocycles. The fraction of sp³-hybridized carbons (Fsp3) is 0.500. The molecule has 1 N–H and O–H groups in total. The van der Waals surface area contributed by atoms with E-state index in [1.165, 1.54) is 7.11 Å². The number of rotatable bonds is 5. The van der Waals surface area contributed by atoms with E-state index in [9.17, 15) is 4.79 Å². The van der Waals surface area contributed by atoms with Crippen molar-refractivity contribution >= 4 is 17.3 Å². The van der Waals surface area contributed by atoms with E-state index in [0.29, 0.717) is 23.3 Å². The van der Waals surface area contributed by atoms with E-state index in [0.717, 1.165) is 11.3 Å². The van der Waals surface area contributed by atoms with E-state index in [-0.39, 0.29) is 4.88 Å². The molecule has 4 nitrogen and oxygen atoms in total. The molecule has 1 heterocycles. The smallest absolute Gasteiger partial charge is 0.349 e. The minimum Gasteiger partial charge on any atom is -0.495 e. The van der Waals surface area contributed by atoms with Crippen LogP contribution in [0, 0.1) is 5.92 Å². The molecule has 0 radical (unpaired) electrons. The highest BCUT2D eigenvalue weighted by atomic mass is 32.1. The third-order valence-corrected chi connectivity index (χ3v) is 2.67. The second kappa shape index (κ2) is 5.02. The first-order valence-electron chi connectivity index (χ1n) is 4.58. The fourth-order valence-corrected chi connectivity index (χ4v) is 1.80. The zero-order valence-corrected chi connectivity index (χ0v) is 9.76. The van der Waals surface area contributed by atoms with Crippen molar-refractivity contribution in [3.05, 3.63) is 10.9 Å². The topological polar surface area (TPSA) is 55.8 Å². The van der Waals surface area contributed by atoms with Crippen LogP contribution in [0.25, 0.3) is 0 Å². The average molecular weight is 230 g/mol. The summed E-state index contributed by atoms with van der Waals surface area (Å²) in [5.41, 5.74) is 0. The van der Waals surface area contributed by atoms with E-state index in [1.807, 2.05) is 13.8 Å². The highest BCUT2D eigenvalue weighted by molar-refractivity contribution is 7.16. The first-order valence-corrected chi connectivity index (χ1v) is 5.40. The normalized spacial score (nSPS) is 10.4. The lowest BCUT2D eigenvalue weighted by atomic mass is 10.2. The van der Waals surface area contributed by atoms with Crippen molar-refractivity contribution in [1.82, 2.24) is 0 Å². The molecule has 0 spiro atoms. The van der Waals surface area contributed by atoms with Crippen LogP contribution >= 0.6 is 11.3 Å². The Morgan fingerprint density at radius 3 is 2.67 bits per heavy atom. The molecule has 0 bridgehead atoms. The Morgan fingerprint density at radius 1 is 1.60 bits per heavy atom. The monoisotopic (exact) mass is 230 g/mol. The van der Waals surface area contributed by atoms with E-state index in [1.54, 1.807) is 6.07 Å². The number of methoxy groups -OCH3 is 1. The molecule has 5 heteroatoms. The van der Waals surface area contributed by atoms with Crippen LogP contribution in [-0.2, 0) is 0 Å². The van der Waals surface area contributed by atoms with Crippen LogP contribution in [0.4, 0.5) is 0 Å². The Morgan fingerprint density at radius 2 is 2.27 bits per heavy atom. The molecule has 0 unspecified atom stereocenters. The van der Waals surface area contributed by atoms with Gasteiger partial charge in [-0.2, -0.15) is 0 Å². The Hall–Kier alpha value is -1.23. The summed E-state index contributed by atoms with van der Waals surface area (Å²) >= 11 is 1.09. The number of hydrogen-bond donors (Lipinski definition) is 1. The molecular formula is C10H14O4S. The van der Waals surface area contributed by atoms with Crippen molar-refractivity contribution in [3.8, 4) is 10.8 Å². The molecule has 0 atom stereocenters. The zero-order valence-electron chi connectivity index (χ0n) is 8.94. The predicted molar refractivity (Wildman–Crippen MR) is 58.2 cm³/mol. The van der Waals surface area contributed by atoms with Gasteiger partial charge in [-0.05, 0) is 5.92 Å². The summed E-state index contributed by atoms with van der Waals surface area (Å²) in [6, 6.07) is 1.61. The lowest BCUT2D eigenvalue weighted by Gasteiger charge is -2.04. The van der Waals surface area contributed by atoms with Gasteiger partial charge in [-0.3, -0.25) is 0 Å². The summed E-state index contributed by atoms with van der Waals surface area (Å²) in [6.07, 6.45) is 0. The molecule has 0 aliphatic rings. The van der Waals surface area contributed by atoms with Gasteiger partial charge in [0.1, 0.15) is 5.75 Å². The first-order chi connectivity index (χ1) is 7.04. The fourth-order valence-electron chi connectivity index (χ4n) is 0.974. The first kappa shape index (κ1) is 11.8. The highest BCUT2D eigenvalue weighted by Crippen LogP contribution is 2.34. The van der Waals surface area contributed by atoms with Gasteiger partial charge < -0.3 is 14.6 Å². The molecule has 1 aromatic rings. The van der Waals surface area contributed by atoms with Crippen molar-refractivity contribution in [2.24, 2.45) is 5.92 Å². The van der Waals surface area contributed by atoms with E-state index in [2.05, 4.69) is 0 Å². The molecular weight excluding hydrogens is 216 g/mol. The maximum Gasteiger partial charge on any atom is 0.349 e. The van der Waals surface area contributed by atoms with Gasteiger partial charge in [0.15, 0.2) is 9.94 Å². The standard InChI is InChI=1S/C10H14O4S/c1-6(2)5-14-8-4-7(13-3)9(15-8)10(11)12/h4,6H,5H2,1-3H3,(H,11,12). The third-order valence-electron chi connectivity index (χ3n) is 1.65. The molecule has 0 saturated carbocycles. The van der Waals surface area contributed by atoms with Crippen LogP contribution in [-0.4, -0.2) is 24.8 Å². The van der Waals surface area contributed by atoms with E-state index in [4.69, 9.17) is 14.6 Å². The van der Waals surface area contributed by atoms with Gasteiger partial charge in [0.2, 0.25) is 0 Å². The number of aromatic carboxylic acids is 1. The van der Waals surface area contributed by atoms with Gasteiger partial charge in [-0.15, -0.1) is 0 Å². The molecule has 84 valence electrons. The number of carboxylic acid groups (broad SMARTS) is 1. The van der Waals surface area contributed by atoms with Crippen molar-refractivity contribution in [1.29, 1.82) is 0 Å². The molecule has 0 amide bonds. The third kappa shape index (κ3) is 3.13. The molecule has 1 aromatic heterocycles. The summed E-state index contributed by atoms with van der Waals surface area (Å²) in [5.74, 6) is -0.228. The van der Waals surface area contributed by atoms with Crippen LogP contribution in [0.5, 0.6) is 10.8 Å². The molecule has 15 heavy (non-hydrogen) atoms. The molecule has 0 saturated heterocycles. The number of carbonyl (C=O) groups is 1. The molecule has 0 aromatic carbocycles. The zero-order chi connectivity index (χ0) is 11.4. The average Bonchev–Trinajstić information content (AvgIpc) is 2.57. The van der Waals surface area contributed by atoms with Crippen LogP contribution in [0.1, 0.15) is 23.5 Å². The van der Waals surface area contributed by atoms with Crippen molar-refractivity contribution in [2.75, 3.05) is 13.7 Å². The van der Waals surface area contributed by atoms with Gasteiger partial charge in [-0.25, -0.2) is 4.79 Å². The lowest BCUT2D eigenvalue weighted by Crippen LogP contribution is -2.03. The van der Waals surface area contributed by atoms with Gasteiger partial charge in [0.25, 0.3) is 0 Å². The largest absolute Gasteiger partial charge is 0.495 e. The molecule has 0 fully saturated rings. The number of carboxylic acids is 1. The van der Waals surface area contributed by atoms with Gasteiger partial charge in [0.05, 0.1) is 13.7 Å². The SMILES string of the molecule is COc1cc(OCC(C)C)sc1C(=O)O. The number of hydrogen-bond acceptors (Lipinski definition) is 4. The number of ether oxygens (including phenoxy) is 2. The minimum absolute atomic E-state index is 0.177. The highest BCUT2D eigenvalue weighted by Gasteiger charge is 2.16. The minimum atomic E-state index is -0.990. The van der Waals surface area contributed by atoms with Gasteiger partial charge in [0, 0.05) is 6.07 Å². The Balaban J connectivity index is 2.78. The van der Waals surface area contributed by atoms with Gasteiger partial charge >= 0.3 is 5.97 Å². The summed E-state index contributed by atoms with van der Waals surface area (Å²) in [7, 11) is 1.45. The Kier molecular flexibility index (Phi) is 3.96. The van der Waals surface area contributed by atoms with Crippen molar-refractivity contribution < 1.29 is 19.4 Å². The van der Waals surface area contributed by atoms with Crippen LogP contribution in [0.15, 0.2) is 6.07 Å². The maximum absolute atomic E-state index is 10.8. The quantitative estimate of drug-likeness (QED) is 0.844. The number of thiophene rings is 1.